The molecule has 4 unspecified atom stereocenters. The van der Waals surface area contributed by atoms with Crippen molar-refractivity contribution < 1.29 is 276 Å². The minimum absolute atomic E-state index is 0. The van der Waals surface area contributed by atoms with Crippen molar-refractivity contribution >= 4 is 53.0 Å². The van der Waals surface area contributed by atoms with Crippen LogP contribution in [0, 0.1) is 226 Å². The summed E-state index contributed by atoms with van der Waals surface area (Å²) in [7, 11) is -0.471. The minimum Gasteiger partial charge on any atom is -0.492 e. The van der Waals surface area contributed by atoms with Crippen LogP contribution in [0.15, 0.2) is 72.8 Å². The van der Waals surface area contributed by atoms with Gasteiger partial charge in [-0.05, 0) is 47.0 Å². The zero-order valence-electron chi connectivity index (χ0n) is 25.8. The zero-order valence-corrected chi connectivity index (χ0v) is 34.1. The topological polar surface area (TPSA) is 97.4 Å². The Morgan fingerprint density at radius 2 is 0.962 bits per heavy atom. The molecule has 0 aliphatic carbocycles. The SMILES string of the molecule is O=Pc1cccc2c1C1(COc3cccc(P)c31)CO2.O=S(=O)(Oc1cccc2c1C1(COc3cccc(P)c31)CO2)C(F)(F)F.[Ar].[Ar].[Ar].[Ar].[Ar].[Ar]. The average molecular weight is 946 g/mol. The molecule has 52 heavy (non-hydrogen) atoms. The Morgan fingerprint density at radius 3 is 1.38 bits per heavy atom. The quantitative estimate of drug-likeness (QED) is 0.167. The van der Waals surface area contributed by atoms with Gasteiger partial charge in [-0.3, -0.25) is 4.57 Å². The molecule has 8 rings (SSSR count). The Hall–Kier alpha value is 4.14. The van der Waals surface area contributed by atoms with E-state index in [0.29, 0.717) is 19.0 Å². The number of alkyl halides is 3. The summed E-state index contributed by atoms with van der Waals surface area (Å²) in [5.74, 6) is 2.14. The number of halogens is 3. The van der Waals surface area contributed by atoms with Crippen LogP contribution in [0.5, 0.6) is 28.7 Å². The largest absolute Gasteiger partial charge is 0.534 e. The van der Waals surface area contributed by atoms with Crippen molar-refractivity contribution in [3.05, 3.63) is 95.1 Å². The standard InChI is InChI=1S/C16H12F3O5PS.C15H12O3P2.6Ar/c17-16(18,19)26(20,21)24-11-5-1-3-9-13(11)15(7-22-9)8-23-10-4-2-6-12(25)14(10)15;16-20-12-6-2-4-10-14(12)15(8-18-10)7-17-9-3-1-5-11(19)13(9)15;;;;;;/h1-6H,7-8,25H2;1-6H,7-8,19H2;;;;;;. The van der Waals surface area contributed by atoms with Gasteiger partial charge in [-0.1, -0.05) is 36.4 Å². The van der Waals surface area contributed by atoms with E-state index in [4.69, 9.17) is 18.9 Å². The fraction of sp³-hybridized carbons (Fsp3) is 0.226. The van der Waals surface area contributed by atoms with Gasteiger partial charge in [0, 0.05) is 243 Å². The summed E-state index contributed by atoms with van der Waals surface area (Å²) in [5.41, 5.74) is -3.70. The smallest absolute Gasteiger partial charge is 0.492 e. The molecule has 0 aromatic heterocycles. The van der Waals surface area contributed by atoms with Crippen LogP contribution >= 0.6 is 26.9 Å². The van der Waals surface area contributed by atoms with Gasteiger partial charge in [-0.15, -0.1) is 18.5 Å². The molecule has 21 heteroatoms. The van der Waals surface area contributed by atoms with Crippen LogP contribution in [-0.2, 0) is 25.5 Å². The number of rotatable bonds is 3. The second-order valence-electron chi connectivity index (χ2n) is 11.1. The predicted octanol–water partition coefficient (Wildman–Crippen LogP) is 4.66. The molecular formula is C31H24Ar6F3O8P3S. The summed E-state index contributed by atoms with van der Waals surface area (Å²) in [5, 5.41) is 2.67. The number of hydrogen-bond donors (Lipinski definition) is 0. The molecule has 286 valence electrons. The molecule has 0 saturated carbocycles. The fourth-order valence-electron chi connectivity index (χ4n) is 6.61. The van der Waals surface area contributed by atoms with Crippen LogP contribution in [-0.4, -0.2) is 40.4 Å². The first kappa shape index (κ1) is 54.2. The first-order valence-electron chi connectivity index (χ1n) is 13.8. The Morgan fingerprint density at radius 1 is 0.596 bits per heavy atom. The van der Waals surface area contributed by atoms with E-state index < -0.39 is 26.8 Å². The molecule has 4 aliphatic rings. The number of fused-ring (bicyclic) bond motifs is 8. The van der Waals surface area contributed by atoms with E-state index in [0.717, 1.165) is 44.1 Å². The van der Waals surface area contributed by atoms with Crippen molar-refractivity contribution in [2.24, 2.45) is 0 Å². The molecule has 0 fully saturated rings. The van der Waals surface area contributed by atoms with Crippen LogP contribution < -0.4 is 39.0 Å². The minimum atomic E-state index is -5.81. The zero-order chi connectivity index (χ0) is 32.5. The number of benzene rings is 4. The van der Waals surface area contributed by atoms with Gasteiger partial charge in [0.15, 0.2) is 14.2 Å². The van der Waals surface area contributed by atoms with Gasteiger partial charge < -0.3 is 23.1 Å². The number of ether oxygens (including phenoxy) is 4. The third kappa shape index (κ3) is 9.92. The van der Waals surface area contributed by atoms with Crippen LogP contribution in [0.4, 0.5) is 13.2 Å². The molecule has 0 radical (unpaired) electrons. The maximum atomic E-state index is 12.8. The molecular weight excluding hydrogens is 922 g/mol. The Balaban J connectivity index is 0.000000477. The Bertz CT molecular complexity index is 2040. The van der Waals surface area contributed by atoms with Crippen molar-refractivity contribution in [3.8, 4) is 28.7 Å². The van der Waals surface area contributed by atoms with Gasteiger partial charge in [-0.25, -0.2) is 0 Å². The molecule has 0 bridgehead atoms. The molecule has 4 aromatic rings. The first-order valence-corrected chi connectivity index (χ1v) is 17.2. The van der Waals surface area contributed by atoms with E-state index in [1.54, 1.807) is 18.2 Å². The van der Waals surface area contributed by atoms with Gasteiger partial charge in [0.05, 0.1) is 21.7 Å². The van der Waals surface area contributed by atoms with E-state index >= 15 is 0 Å². The predicted molar refractivity (Wildman–Crippen MR) is 171 cm³/mol. The van der Waals surface area contributed by atoms with Gasteiger partial charge in [0.25, 0.3) is 0 Å². The Kier molecular flexibility index (Phi) is 22.7. The second kappa shape index (κ2) is 21.8. The molecule has 4 aliphatic heterocycles. The summed E-state index contributed by atoms with van der Waals surface area (Å²) in [6.07, 6.45) is 0. The third-order valence-electron chi connectivity index (χ3n) is 8.50. The van der Waals surface area contributed by atoms with Crippen molar-refractivity contribution in [1.29, 1.82) is 0 Å². The summed E-state index contributed by atoms with van der Waals surface area (Å²) < 4.78 is 100. The molecule has 0 N–H and O–H groups in total. The van der Waals surface area contributed by atoms with Crippen LogP contribution in [0.3, 0.4) is 0 Å². The van der Waals surface area contributed by atoms with Crippen molar-refractivity contribution in [3.63, 3.8) is 0 Å². The summed E-state index contributed by atoms with van der Waals surface area (Å²) in [4.78, 5) is 0. The Labute approximate surface area is 485 Å². The van der Waals surface area contributed by atoms with Crippen LogP contribution in [0.25, 0.3) is 0 Å². The van der Waals surface area contributed by atoms with Crippen molar-refractivity contribution in [2.45, 2.75) is 16.3 Å². The second-order valence-corrected chi connectivity index (χ2v) is 14.6. The van der Waals surface area contributed by atoms with Gasteiger partial charge in [0.1, 0.15) is 49.4 Å². The van der Waals surface area contributed by atoms with E-state index in [9.17, 15) is 26.2 Å². The van der Waals surface area contributed by atoms with E-state index in [1.807, 2.05) is 36.4 Å². The van der Waals surface area contributed by atoms with Crippen LogP contribution in [0.1, 0.15) is 22.3 Å². The number of hydrogen-bond acceptors (Lipinski definition) is 8. The normalized spacial score (nSPS) is 19.2. The maximum absolute atomic E-state index is 12.8. The van der Waals surface area contributed by atoms with E-state index in [1.165, 1.54) is 12.1 Å². The van der Waals surface area contributed by atoms with Crippen molar-refractivity contribution in [2.75, 3.05) is 26.4 Å². The molecule has 4 aromatic carbocycles. The van der Waals surface area contributed by atoms with E-state index in [-0.39, 0.29) is 265 Å². The van der Waals surface area contributed by atoms with Crippen molar-refractivity contribution in [1.82, 2.24) is 0 Å². The van der Waals surface area contributed by atoms with E-state index in [2.05, 4.69) is 28.7 Å². The molecule has 0 saturated heterocycles. The molecule has 8 nitrogen and oxygen atoms in total. The summed E-state index contributed by atoms with van der Waals surface area (Å²) >= 11 is 0. The monoisotopic (exact) mass is 946 g/mol. The third-order valence-corrected chi connectivity index (χ3v) is 11.0. The van der Waals surface area contributed by atoms with Gasteiger partial charge in [0.2, 0.25) is 0 Å². The molecule has 2 spiro atoms. The van der Waals surface area contributed by atoms with Gasteiger partial charge in [-0.2, -0.15) is 21.6 Å². The molecule has 4 atom stereocenters. The summed E-state index contributed by atoms with van der Waals surface area (Å²) in [6, 6.07) is 21.2. The summed E-state index contributed by atoms with van der Waals surface area (Å²) in [6.45, 7) is 1.28. The van der Waals surface area contributed by atoms with Gasteiger partial charge >= 0.3 is 15.6 Å². The average Bonchev–Trinajstić information content (AvgIpc) is 3.79. The maximum Gasteiger partial charge on any atom is 0.534 e. The first-order chi connectivity index (χ1) is 21.9. The molecule has 0 amide bonds. The van der Waals surface area contributed by atoms with Crippen LogP contribution in [0.2, 0.25) is 0 Å². The molecule has 4 heterocycles. The fourth-order valence-corrected chi connectivity index (χ4v) is 8.70.